The zero-order valence-electron chi connectivity index (χ0n) is 18.2. The first-order valence-corrected chi connectivity index (χ1v) is 10.9. The topological polar surface area (TPSA) is 137 Å². The van der Waals surface area contributed by atoms with E-state index >= 15 is 0 Å². The molecule has 0 unspecified atom stereocenters. The Labute approximate surface area is 186 Å². The first kappa shape index (κ1) is 24.0. The maximum atomic E-state index is 12.5. The quantitative estimate of drug-likeness (QED) is 0.393. The lowest BCUT2D eigenvalue weighted by Gasteiger charge is -2.24. The molecule has 32 heavy (non-hydrogen) atoms. The smallest absolute Gasteiger partial charge is 0.329 e. The first-order valence-electron chi connectivity index (χ1n) is 10.9. The largest absolute Gasteiger partial charge is 0.490 e. The number of carboxylic acids is 1. The van der Waals surface area contributed by atoms with Gasteiger partial charge in [-0.15, -0.1) is 0 Å². The Morgan fingerprint density at radius 2 is 1.88 bits per heavy atom. The van der Waals surface area contributed by atoms with Crippen LogP contribution in [0.5, 0.6) is 5.75 Å². The minimum Gasteiger partial charge on any atom is -0.490 e. The highest BCUT2D eigenvalue weighted by atomic mass is 16.5. The van der Waals surface area contributed by atoms with Crippen molar-refractivity contribution in [3.8, 4) is 5.75 Å². The molecule has 176 valence electrons. The Hall–Kier alpha value is -2.69. The SMILES string of the molecule is C[C@H](NC(=O)CN1CCCOCC1)C(=O)N[C@H](C(=O)O)[C@H](O)c1ccc(OC2CC2)cc1. The molecule has 3 rings (SSSR count). The Morgan fingerprint density at radius 3 is 2.53 bits per heavy atom. The summed E-state index contributed by atoms with van der Waals surface area (Å²) in [5.74, 6) is -1.77. The second kappa shape index (κ2) is 11.3. The van der Waals surface area contributed by atoms with E-state index in [1.54, 1.807) is 24.3 Å². The number of aliphatic carboxylic acids is 1. The standard InChI is InChI=1S/C22H31N3O7/c1-14(23-18(26)13-25-9-2-11-31-12-10-25)21(28)24-19(22(29)30)20(27)15-3-5-16(6-4-15)32-17-7-8-17/h3-6,14,17,19-20,27H,2,7-13H2,1H3,(H,23,26)(H,24,28)(H,29,30)/t14-,19-,20+/m0/s1. The summed E-state index contributed by atoms with van der Waals surface area (Å²) >= 11 is 0. The van der Waals surface area contributed by atoms with Crippen molar-refractivity contribution in [2.24, 2.45) is 0 Å². The average Bonchev–Trinajstić information content (AvgIpc) is 3.59. The van der Waals surface area contributed by atoms with Gasteiger partial charge in [0.25, 0.3) is 0 Å². The van der Waals surface area contributed by atoms with Gasteiger partial charge in [-0.05, 0) is 43.9 Å². The van der Waals surface area contributed by atoms with Gasteiger partial charge in [0, 0.05) is 19.7 Å². The van der Waals surface area contributed by atoms with Crippen LogP contribution in [0.2, 0.25) is 0 Å². The zero-order valence-corrected chi connectivity index (χ0v) is 18.2. The number of carbonyl (C=O) groups is 3. The molecule has 2 aliphatic rings. The van der Waals surface area contributed by atoms with E-state index in [1.807, 2.05) is 4.90 Å². The van der Waals surface area contributed by atoms with Crippen molar-refractivity contribution in [3.05, 3.63) is 29.8 Å². The fourth-order valence-corrected chi connectivity index (χ4v) is 3.38. The summed E-state index contributed by atoms with van der Waals surface area (Å²) < 4.78 is 11.0. The highest BCUT2D eigenvalue weighted by molar-refractivity contribution is 5.90. The van der Waals surface area contributed by atoms with E-state index in [-0.39, 0.29) is 18.6 Å². The van der Waals surface area contributed by atoms with E-state index < -0.39 is 30.1 Å². The number of nitrogens with one attached hydrogen (secondary N) is 2. The van der Waals surface area contributed by atoms with Crippen molar-refractivity contribution in [1.29, 1.82) is 0 Å². The Bertz CT molecular complexity index is 789. The molecule has 2 fully saturated rings. The number of aliphatic hydroxyl groups is 1. The van der Waals surface area contributed by atoms with Crippen LogP contribution in [-0.2, 0) is 19.1 Å². The van der Waals surface area contributed by atoms with Crippen LogP contribution < -0.4 is 15.4 Å². The van der Waals surface area contributed by atoms with Crippen molar-refractivity contribution in [2.75, 3.05) is 32.8 Å². The van der Waals surface area contributed by atoms with Crippen molar-refractivity contribution in [1.82, 2.24) is 15.5 Å². The number of carbonyl (C=O) groups excluding carboxylic acids is 2. The zero-order chi connectivity index (χ0) is 23.1. The molecule has 1 aliphatic carbocycles. The first-order chi connectivity index (χ1) is 15.3. The number of nitrogens with zero attached hydrogens (tertiary/aromatic N) is 1. The van der Waals surface area contributed by atoms with Gasteiger partial charge in [-0.2, -0.15) is 0 Å². The third kappa shape index (κ3) is 7.18. The van der Waals surface area contributed by atoms with Gasteiger partial charge < -0.3 is 30.3 Å². The summed E-state index contributed by atoms with van der Waals surface area (Å²) in [6.45, 7) is 4.16. The van der Waals surface area contributed by atoms with Gasteiger partial charge in [-0.25, -0.2) is 4.79 Å². The maximum absolute atomic E-state index is 12.5. The lowest BCUT2D eigenvalue weighted by atomic mass is 10.0. The van der Waals surface area contributed by atoms with E-state index in [1.165, 1.54) is 6.92 Å². The molecular formula is C22H31N3O7. The molecule has 0 bridgehead atoms. The minimum absolute atomic E-state index is 0.126. The second-order valence-electron chi connectivity index (χ2n) is 8.19. The number of hydrogen-bond acceptors (Lipinski definition) is 7. The number of ether oxygens (including phenoxy) is 2. The Kier molecular flexibility index (Phi) is 8.43. The van der Waals surface area contributed by atoms with Gasteiger partial charge in [-0.3, -0.25) is 14.5 Å². The maximum Gasteiger partial charge on any atom is 0.329 e. The molecule has 1 heterocycles. The van der Waals surface area contributed by atoms with Crippen LogP contribution in [0, 0.1) is 0 Å². The molecule has 1 aromatic carbocycles. The Morgan fingerprint density at radius 1 is 1.16 bits per heavy atom. The molecule has 4 N–H and O–H groups in total. The summed E-state index contributed by atoms with van der Waals surface area (Å²) in [6, 6.07) is 3.93. The molecule has 0 radical (unpaired) electrons. The summed E-state index contributed by atoms with van der Waals surface area (Å²) in [5.41, 5.74) is 0.334. The molecule has 10 nitrogen and oxygen atoms in total. The van der Waals surface area contributed by atoms with Crippen molar-refractivity contribution < 1.29 is 34.1 Å². The lowest BCUT2D eigenvalue weighted by molar-refractivity contribution is -0.145. The molecule has 10 heteroatoms. The van der Waals surface area contributed by atoms with Crippen LogP contribution >= 0.6 is 0 Å². The Balaban J connectivity index is 1.52. The van der Waals surface area contributed by atoms with Gasteiger partial charge >= 0.3 is 5.97 Å². The van der Waals surface area contributed by atoms with Crippen molar-refractivity contribution in [2.45, 2.75) is 50.5 Å². The van der Waals surface area contributed by atoms with Gasteiger partial charge in [0.2, 0.25) is 11.8 Å². The molecule has 2 amide bonds. The molecule has 0 spiro atoms. The summed E-state index contributed by atoms with van der Waals surface area (Å²) in [5, 5.41) is 25.0. The average molecular weight is 450 g/mol. The summed E-state index contributed by atoms with van der Waals surface area (Å²) in [7, 11) is 0. The van der Waals surface area contributed by atoms with Gasteiger partial charge in [-0.1, -0.05) is 12.1 Å². The summed E-state index contributed by atoms with van der Waals surface area (Å²) in [4.78, 5) is 38.4. The van der Waals surface area contributed by atoms with Crippen LogP contribution in [0.15, 0.2) is 24.3 Å². The molecule has 1 saturated heterocycles. The van der Waals surface area contributed by atoms with E-state index in [0.29, 0.717) is 31.1 Å². The van der Waals surface area contributed by atoms with Gasteiger partial charge in [0.05, 0.1) is 19.3 Å². The van der Waals surface area contributed by atoms with Crippen molar-refractivity contribution in [3.63, 3.8) is 0 Å². The van der Waals surface area contributed by atoms with Gasteiger partial charge in [0.15, 0.2) is 6.04 Å². The predicted octanol–water partition coefficient (Wildman–Crippen LogP) is 0.0576. The number of benzene rings is 1. The fraction of sp³-hybridized carbons (Fsp3) is 0.591. The molecule has 1 saturated carbocycles. The van der Waals surface area contributed by atoms with Crippen molar-refractivity contribution >= 4 is 17.8 Å². The highest BCUT2D eigenvalue weighted by Gasteiger charge is 2.31. The van der Waals surface area contributed by atoms with Crippen LogP contribution in [0.4, 0.5) is 0 Å². The van der Waals surface area contributed by atoms with Crippen LogP contribution in [0.3, 0.4) is 0 Å². The molecule has 0 aromatic heterocycles. The monoisotopic (exact) mass is 449 g/mol. The highest BCUT2D eigenvalue weighted by Crippen LogP contribution is 2.28. The summed E-state index contributed by atoms with van der Waals surface area (Å²) in [6.07, 6.45) is 1.61. The number of carboxylic acid groups (broad SMARTS) is 1. The third-order valence-corrected chi connectivity index (χ3v) is 5.38. The molecule has 1 aromatic rings. The van der Waals surface area contributed by atoms with E-state index in [2.05, 4.69) is 10.6 Å². The predicted molar refractivity (Wildman–Crippen MR) is 114 cm³/mol. The van der Waals surface area contributed by atoms with Gasteiger partial charge in [0.1, 0.15) is 17.9 Å². The second-order valence-corrected chi connectivity index (χ2v) is 8.19. The number of aliphatic hydroxyl groups excluding tert-OH is 1. The van der Waals surface area contributed by atoms with E-state index in [9.17, 15) is 24.6 Å². The fourth-order valence-electron chi connectivity index (χ4n) is 3.38. The molecule has 3 atom stereocenters. The van der Waals surface area contributed by atoms with E-state index in [4.69, 9.17) is 9.47 Å². The lowest BCUT2D eigenvalue weighted by Crippen LogP contribution is -2.53. The van der Waals surface area contributed by atoms with Crippen LogP contribution in [-0.4, -0.2) is 83.9 Å². The molecular weight excluding hydrogens is 418 g/mol. The third-order valence-electron chi connectivity index (χ3n) is 5.38. The van der Waals surface area contributed by atoms with E-state index in [0.717, 1.165) is 25.8 Å². The number of hydrogen-bond donors (Lipinski definition) is 4. The molecule has 1 aliphatic heterocycles. The van der Waals surface area contributed by atoms with Crippen LogP contribution in [0.25, 0.3) is 0 Å². The van der Waals surface area contributed by atoms with Crippen LogP contribution in [0.1, 0.15) is 37.9 Å². The normalized spacial score (nSPS) is 19.8. The minimum atomic E-state index is -1.57. The number of amides is 2. The number of rotatable bonds is 10.